The monoisotopic (exact) mass is 231 g/mol. The second-order valence-corrected chi connectivity index (χ2v) is 3.61. The first-order valence-corrected chi connectivity index (χ1v) is 5.00. The highest BCUT2D eigenvalue weighted by molar-refractivity contribution is 9.10. The van der Waals surface area contributed by atoms with Crippen molar-refractivity contribution in [3.63, 3.8) is 0 Å². The molecule has 1 rings (SSSR count). The summed E-state index contributed by atoms with van der Waals surface area (Å²) in [7, 11) is 0. The van der Waals surface area contributed by atoms with Crippen LogP contribution in [-0.4, -0.2) is 18.0 Å². The van der Waals surface area contributed by atoms with Crippen molar-refractivity contribution in [2.45, 2.75) is 20.4 Å². The standard InChI is InChI=1S/C9H14BrNO/c1-3-11(4-2)6-9-5-8(10)7-12-9/h5,7H,3-4,6H2,1-2H3. The zero-order valence-corrected chi connectivity index (χ0v) is 9.10. The maximum atomic E-state index is 5.31. The molecule has 0 saturated heterocycles. The van der Waals surface area contributed by atoms with Gasteiger partial charge in [-0.25, -0.2) is 0 Å². The van der Waals surface area contributed by atoms with Gasteiger partial charge in [-0.1, -0.05) is 13.8 Å². The van der Waals surface area contributed by atoms with E-state index in [1.54, 1.807) is 6.26 Å². The molecule has 1 aromatic rings. The number of hydrogen-bond donors (Lipinski definition) is 0. The van der Waals surface area contributed by atoms with E-state index in [9.17, 15) is 0 Å². The fourth-order valence-corrected chi connectivity index (χ4v) is 1.45. The number of halogens is 1. The van der Waals surface area contributed by atoms with Crippen LogP contribution in [-0.2, 0) is 6.54 Å². The molecule has 0 aromatic carbocycles. The molecule has 0 aliphatic carbocycles. The van der Waals surface area contributed by atoms with Gasteiger partial charge in [0.25, 0.3) is 0 Å². The predicted molar refractivity (Wildman–Crippen MR) is 53.0 cm³/mol. The number of hydrogen-bond acceptors (Lipinski definition) is 2. The zero-order chi connectivity index (χ0) is 8.97. The van der Waals surface area contributed by atoms with Crippen molar-refractivity contribution in [2.75, 3.05) is 13.1 Å². The minimum absolute atomic E-state index is 0.901. The van der Waals surface area contributed by atoms with Gasteiger partial charge < -0.3 is 4.42 Å². The lowest BCUT2D eigenvalue weighted by atomic mass is 10.4. The number of furan rings is 1. The zero-order valence-electron chi connectivity index (χ0n) is 7.51. The Bertz CT molecular complexity index is 230. The van der Waals surface area contributed by atoms with Gasteiger partial charge in [-0.05, 0) is 35.1 Å². The van der Waals surface area contributed by atoms with Gasteiger partial charge in [0.15, 0.2) is 0 Å². The third-order valence-corrected chi connectivity index (χ3v) is 2.31. The van der Waals surface area contributed by atoms with Crippen LogP contribution in [0.5, 0.6) is 0 Å². The molecule has 0 N–H and O–H groups in total. The Kier molecular flexibility index (Phi) is 3.82. The molecule has 0 aliphatic heterocycles. The molecular formula is C9H14BrNO. The van der Waals surface area contributed by atoms with Gasteiger partial charge in [0.2, 0.25) is 0 Å². The minimum atomic E-state index is 0.901. The van der Waals surface area contributed by atoms with E-state index in [1.165, 1.54) is 0 Å². The Morgan fingerprint density at radius 2 is 2.08 bits per heavy atom. The van der Waals surface area contributed by atoms with Crippen molar-refractivity contribution in [3.05, 3.63) is 22.6 Å². The molecule has 0 atom stereocenters. The average molecular weight is 232 g/mol. The fraction of sp³-hybridized carbons (Fsp3) is 0.556. The lowest BCUT2D eigenvalue weighted by Gasteiger charge is -2.15. The Labute approximate surface area is 81.7 Å². The van der Waals surface area contributed by atoms with Gasteiger partial charge in [-0.2, -0.15) is 0 Å². The van der Waals surface area contributed by atoms with Crippen LogP contribution in [0.3, 0.4) is 0 Å². The largest absolute Gasteiger partial charge is 0.467 e. The summed E-state index contributed by atoms with van der Waals surface area (Å²) >= 11 is 3.35. The van der Waals surface area contributed by atoms with Gasteiger partial charge in [-0.15, -0.1) is 0 Å². The van der Waals surface area contributed by atoms with Crippen LogP contribution in [0.1, 0.15) is 19.6 Å². The lowest BCUT2D eigenvalue weighted by molar-refractivity contribution is 0.269. The SMILES string of the molecule is CCN(CC)Cc1cc(Br)co1. The van der Waals surface area contributed by atoms with Crippen molar-refractivity contribution < 1.29 is 4.42 Å². The van der Waals surface area contributed by atoms with Gasteiger partial charge in [0, 0.05) is 0 Å². The van der Waals surface area contributed by atoms with Crippen LogP contribution >= 0.6 is 15.9 Å². The normalized spacial score (nSPS) is 11.0. The maximum absolute atomic E-state index is 5.31. The Morgan fingerprint density at radius 1 is 1.42 bits per heavy atom. The van der Waals surface area contributed by atoms with E-state index in [4.69, 9.17) is 4.42 Å². The highest BCUT2D eigenvalue weighted by Gasteiger charge is 2.04. The minimum Gasteiger partial charge on any atom is -0.467 e. The quantitative estimate of drug-likeness (QED) is 0.793. The summed E-state index contributed by atoms with van der Waals surface area (Å²) in [5.74, 6) is 1.02. The van der Waals surface area contributed by atoms with E-state index < -0.39 is 0 Å². The third kappa shape index (κ3) is 2.64. The summed E-state index contributed by atoms with van der Waals surface area (Å²) in [6.07, 6.45) is 1.72. The number of rotatable bonds is 4. The Balaban J connectivity index is 2.50. The molecule has 0 unspecified atom stereocenters. The van der Waals surface area contributed by atoms with Crippen LogP contribution in [0.4, 0.5) is 0 Å². The van der Waals surface area contributed by atoms with Crippen molar-refractivity contribution >= 4 is 15.9 Å². The molecule has 0 amide bonds. The van der Waals surface area contributed by atoms with Crippen LogP contribution < -0.4 is 0 Å². The highest BCUT2D eigenvalue weighted by Crippen LogP contribution is 2.15. The van der Waals surface area contributed by atoms with Gasteiger partial charge in [0.1, 0.15) is 12.0 Å². The van der Waals surface area contributed by atoms with Crippen molar-refractivity contribution in [2.24, 2.45) is 0 Å². The summed E-state index contributed by atoms with van der Waals surface area (Å²) in [5, 5.41) is 0. The molecule has 1 heterocycles. The second kappa shape index (κ2) is 4.67. The van der Waals surface area contributed by atoms with Crippen LogP contribution in [0.15, 0.2) is 21.2 Å². The van der Waals surface area contributed by atoms with Crippen molar-refractivity contribution in [1.82, 2.24) is 4.90 Å². The summed E-state index contributed by atoms with van der Waals surface area (Å²) < 4.78 is 6.33. The van der Waals surface area contributed by atoms with Crippen LogP contribution in [0, 0.1) is 0 Å². The van der Waals surface area contributed by atoms with Gasteiger partial charge in [0.05, 0.1) is 11.0 Å². The first-order valence-electron chi connectivity index (χ1n) is 4.21. The first kappa shape index (κ1) is 9.81. The topological polar surface area (TPSA) is 16.4 Å². The molecular weight excluding hydrogens is 218 g/mol. The molecule has 0 fully saturated rings. The van der Waals surface area contributed by atoms with Crippen LogP contribution in [0.25, 0.3) is 0 Å². The van der Waals surface area contributed by atoms with E-state index in [0.717, 1.165) is 29.9 Å². The molecule has 0 bridgehead atoms. The van der Waals surface area contributed by atoms with Gasteiger partial charge in [-0.3, -0.25) is 4.90 Å². The molecule has 0 saturated carbocycles. The molecule has 68 valence electrons. The summed E-state index contributed by atoms with van der Waals surface area (Å²) in [4.78, 5) is 2.31. The second-order valence-electron chi connectivity index (χ2n) is 2.69. The van der Waals surface area contributed by atoms with Gasteiger partial charge >= 0.3 is 0 Å². The highest BCUT2D eigenvalue weighted by atomic mass is 79.9. The third-order valence-electron chi connectivity index (χ3n) is 1.90. The molecule has 0 radical (unpaired) electrons. The lowest BCUT2D eigenvalue weighted by Crippen LogP contribution is -2.21. The summed E-state index contributed by atoms with van der Waals surface area (Å²) in [6, 6.07) is 2.01. The molecule has 1 aromatic heterocycles. The molecule has 12 heavy (non-hydrogen) atoms. The molecule has 0 spiro atoms. The van der Waals surface area contributed by atoms with E-state index >= 15 is 0 Å². The van der Waals surface area contributed by atoms with Crippen LogP contribution in [0.2, 0.25) is 0 Å². The molecule has 3 heteroatoms. The smallest absolute Gasteiger partial charge is 0.118 e. The van der Waals surface area contributed by atoms with Crippen molar-refractivity contribution in [3.8, 4) is 0 Å². The number of nitrogens with zero attached hydrogens (tertiary/aromatic N) is 1. The Morgan fingerprint density at radius 3 is 2.50 bits per heavy atom. The van der Waals surface area contributed by atoms with E-state index in [1.807, 2.05) is 6.07 Å². The van der Waals surface area contributed by atoms with Crippen molar-refractivity contribution in [1.29, 1.82) is 0 Å². The fourth-order valence-electron chi connectivity index (χ4n) is 1.10. The Hall–Kier alpha value is -0.280. The molecule has 0 aliphatic rings. The van der Waals surface area contributed by atoms with E-state index in [0.29, 0.717) is 0 Å². The first-order chi connectivity index (χ1) is 5.76. The maximum Gasteiger partial charge on any atom is 0.118 e. The summed E-state index contributed by atoms with van der Waals surface area (Å²) in [5.41, 5.74) is 0. The van der Waals surface area contributed by atoms with E-state index in [2.05, 4.69) is 34.7 Å². The van der Waals surface area contributed by atoms with E-state index in [-0.39, 0.29) is 0 Å². The molecule has 2 nitrogen and oxygen atoms in total. The summed E-state index contributed by atoms with van der Waals surface area (Å²) in [6.45, 7) is 7.34. The average Bonchev–Trinajstić information content (AvgIpc) is 2.47. The predicted octanol–water partition coefficient (Wildman–Crippen LogP) is 2.88.